The van der Waals surface area contributed by atoms with Gasteiger partial charge in [-0.3, -0.25) is 14.3 Å². The summed E-state index contributed by atoms with van der Waals surface area (Å²) >= 11 is 0. The van der Waals surface area contributed by atoms with Crippen molar-refractivity contribution in [2.45, 2.75) is 33.1 Å². The second kappa shape index (κ2) is 10.7. The summed E-state index contributed by atoms with van der Waals surface area (Å²) in [6, 6.07) is 11.1. The highest BCUT2D eigenvalue weighted by Crippen LogP contribution is 2.31. The molecule has 9 nitrogen and oxygen atoms in total. The zero-order valence-corrected chi connectivity index (χ0v) is 20.9. The maximum atomic E-state index is 13.0. The third-order valence-corrected chi connectivity index (χ3v) is 5.97. The summed E-state index contributed by atoms with van der Waals surface area (Å²) in [5.41, 5.74) is 4.48. The Balaban J connectivity index is 1.78. The van der Waals surface area contributed by atoms with Crippen LogP contribution in [0.2, 0.25) is 0 Å². The number of hydrogen-bond acceptors (Lipinski definition) is 7. The molecule has 0 bridgehead atoms. The number of benzene rings is 2. The van der Waals surface area contributed by atoms with Crippen LogP contribution in [0.3, 0.4) is 0 Å². The van der Waals surface area contributed by atoms with Crippen LogP contribution in [-0.4, -0.2) is 51.0 Å². The Morgan fingerprint density at radius 1 is 1.11 bits per heavy atom. The van der Waals surface area contributed by atoms with Crippen LogP contribution in [-0.2, 0) is 19.9 Å². The van der Waals surface area contributed by atoms with Gasteiger partial charge in [-0.25, -0.2) is 4.98 Å². The number of aromatic amines is 1. The van der Waals surface area contributed by atoms with Crippen LogP contribution in [0.25, 0.3) is 22.4 Å². The van der Waals surface area contributed by atoms with E-state index in [0.717, 1.165) is 29.7 Å². The number of ether oxygens (including phenoxy) is 2. The van der Waals surface area contributed by atoms with E-state index in [1.165, 1.54) is 7.11 Å². The lowest BCUT2D eigenvalue weighted by atomic mass is 9.99. The number of carbonyl (C=O) groups is 1. The highest BCUT2D eigenvalue weighted by atomic mass is 16.5. The summed E-state index contributed by atoms with van der Waals surface area (Å²) < 4.78 is 12.8. The third-order valence-electron chi connectivity index (χ3n) is 5.97. The van der Waals surface area contributed by atoms with Gasteiger partial charge in [0, 0.05) is 7.05 Å². The Morgan fingerprint density at radius 3 is 2.56 bits per heavy atom. The van der Waals surface area contributed by atoms with Gasteiger partial charge in [0.2, 0.25) is 0 Å². The van der Waals surface area contributed by atoms with Gasteiger partial charge in [0.05, 0.1) is 30.5 Å². The molecule has 36 heavy (non-hydrogen) atoms. The molecule has 0 atom stereocenters. The normalized spacial score (nSPS) is 11.1. The zero-order chi connectivity index (χ0) is 25.8. The molecule has 0 radical (unpaired) electrons. The lowest BCUT2D eigenvalue weighted by Crippen LogP contribution is -2.13. The van der Waals surface area contributed by atoms with E-state index in [1.807, 2.05) is 31.2 Å². The molecule has 0 fully saturated rings. The average molecular weight is 491 g/mol. The molecule has 2 aromatic heterocycles. The number of nitrogens with one attached hydrogen (secondary N) is 1. The predicted octanol–water partition coefficient (Wildman–Crippen LogP) is 3.45. The molecular formula is C27H30N4O5. The van der Waals surface area contributed by atoms with Crippen LogP contribution < -0.4 is 15.0 Å². The molecule has 0 aliphatic heterocycles. The van der Waals surface area contributed by atoms with Crippen LogP contribution in [0.15, 0.2) is 41.2 Å². The molecule has 0 amide bonds. The maximum Gasteiger partial charge on any atom is 0.277 e. The van der Waals surface area contributed by atoms with Gasteiger partial charge in [-0.15, -0.1) is 0 Å². The number of hydrogen-bond donors (Lipinski definition) is 2. The van der Waals surface area contributed by atoms with E-state index in [9.17, 15) is 14.7 Å². The van der Waals surface area contributed by atoms with Gasteiger partial charge in [0.25, 0.3) is 5.56 Å². The summed E-state index contributed by atoms with van der Waals surface area (Å²) in [6.07, 6.45) is 2.16. The third kappa shape index (κ3) is 4.87. The molecule has 9 heteroatoms. The summed E-state index contributed by atoms with van der Waals surface area (Å²) in [5, 5.41) is 13.7. The maximum absolute atomic E-state index is 13.0. The number of fused-ring (bicyclic) bond motifs is 1. The van der Waals surface area contributed by atoms with Crippen LogP contribution >= 0.6 is 0 Å². The fraction of sp³-hybridized carbons (Fsp3) is 0.333. The SMILES string of the molecule is CCCc1nn(C)c2c(=O)[nH]c(-c3cc(Cc4ccc(C(=O)CO)c(OC)c4)ccc3OCC)nc12. The molecule has 0 saturated heterocycles. The lowest BCUT2D eigenvalue weighted by molar-refractivity contribution is 0.0900. The van der Waals surface area contributed by atoms with Crippen molar-refractivity contribution in [3.63, 3.8) is 0 Å². The van der Waals surface area contributed by atoms with Gasteiger partial charge in [-0.2, -0.15) is 5.10 Å². The quantitative estimate of drug-likeness (QED) is 0.327. The number of aliphatic hydroxyl groups is 1. The number of H-pyrrole nitrogens is 1. The minimum Gasteiger partial charge on any atom is -0.496 e. The molecule has 2 aromatic carbocycles. The van der Waals surface area contributed by atoms with Gasteiger partial charge >= 0.3 is 0 Å². The van der Waals surface area contributed by atoms with Crippen molar-refractivity contribution < 1.29 is 19.4 Å². The first-order valence-electron chi connectivity index (χ1n) is 11.9. The number of aromatic nitrogens is 4. The van der Waals surface area contributed by atoms with E-state index in [2.05, 4.69) is 17.0 Å². The summed E-state index contributed by atoms with van der Waals surface area (Å²) in [6.45, 7) is 3.85. The number of aliphatic hydroxyl groups excluding tert-OH is 1. The highest BCUT2D eigenvalue weighted by Gasteiger charge is 2.18. The lowest BCUT2D eigenvalue weighted by Gasteiger charge is -2.13. The fourth-order valence-electron chi connectivity index (χ4n) is 4.33. The van der Waals surface area contributed by atoms with E-state index < -0.39 is 12.4 Å². The smallest absolute Gasteiger partial charge is 0.277 e. The fourth-order valence-corrected chi connectivity index (χ4v) is 4.33. The molecule has 0 unspecified atom stereocenters. The number of aryl methyl sites for hydroxylation is 2. The van der Waals surface area contributed by atoms with Crippen molar-refractivity contribution >= 4 is 16.8 Å². The molecule has 0 saturated carbocycles. The number of ketones is 1. The number of carbonyl (C=O) groups excluding carboxylic acids is 1. The molecule has 2 heterocycles. The Labute approximate surface area is 208 Å². The van der Waals surface area contributed by atoms with E-state index in [4.69, 9.17) is 14.5 Å². The molecule has 0 aliphatic carbocycles. The monoisotopic (exact) mass is 490 g/mol. The first kappa shape index (κ1) is 25.1. The summed E-state index contributed by atoms with van der Waals surface area (Å²) in [5.74, 6) is 1.05. The van der Waals surface area contributed by atoms with Gasteiger partial charge in [-0.1, -0.05) is 25.5 Å². The number of methoxy groups -OCH3 is 1. The summed E-state index contributed by atoms with van der Waals surface area (Å²) in [7, 11) is 3.24. The molecule has 0 spiro atoms. The Hall–Kier alpha value is -3.98. The largest absolute Gasteiger partial charge is 0.496 e. The van der Waals surface area contributed by atoms with Crippen LogP contribution in [0.5, 0.6) is 11.5 Å². The topological polar surface area (TPSA) is 119 Å². The average Bonchev–Trinajstić information content (AvgIpc) is 3.20. The van der Waals surface area contributed by atoms with E-state index in [1.54, 1.807) is 23.9 Å². The molecule has 0 aliphatic rings. The van der Waals surface area contributed by atoms with Crippen LogP contribution in [0, 0.1) is 0 Å². The van der Waals surface area contributed by atoms with E-state index in [0.29, 0.717) is 52.5 Å². The molecule has 4 rings (SSSR count). The first-order valence-corrected chi connectivity index (χ1v) is 11.9. The zero-order valence-electron chi connectivity index (χ0n) is 20.9. The number of nitrogens with zero attached hydrogens (tertiary/aromatic N) is 3. The number of rotatable bonds is 10. The van der Waals surface area contributed by atoms with Crippen molar-refractivity contribution in [3.05, 3.63) is 69.1 Å². The van der Waals surface area contributed by atoms with Crippen LogP contribution in [0.1, 0.15) is 47.4 Å². The highest BCUT2D eigenvalue weighted by molar-refractivity contribution is 5.99. The Kier molecular flexibility index (Phi) is 7.49. The first-order chi connectivity index (χ1) is 17.4. The second-order valence-corrected chi connectivity index (χ2v) is 8.49. The van der Waals surface area contributed by atoms with Crippen molar-refractivity contribution in [1.29, 1.82) is 0 Å². The number of Topliss-reactive ketones (excluding diaryl/α,β-unsaturated/α-hetero) is 1. The Morgan fingerprint density at radius 2 is 1.86 bits per heavy atom. The summed E-state index contributed by atoms with van der Waals surface area (Å²) in [4.78, 5) is 32.7. The van der Waals surface area contributed by atoms with Gasteiger partial charge in [-0.05, 0) is 55.2 Å². The van der Waals surface area contributed by atoms with E-state index in [-0.39, 0.29) is 5.56 Å². The molecule has 4 aromatic rings. The molecule has 188 valence electrons. The predicted molar refractivity (Wildman–Crippen MR) is 137 cm³/mol. The molecule has 2 N–H and O–H groups in total. The second-order valence-electron chi connectivity index (χ2n) is 8.49. The standard InChI is InChI=1S/C27H30N4O5/c1-5-7-20-24-25(31(3)30-20)27(34)29-26(28-24)19-13-16(9-11-22(19)36-6-2)12-17-8-10-18(21(33)15-32)23(14-17)35-4/h8-11,13-14,32H,5-7,12,15H2,1-4H3,(H,28,29,34). The van der Waals surface area contributed by atoms with E-state index >= 15 is 0 Å². The van der Waals surface area contributed by atoms with Crippen molar-refractivity contribution in [1.82, 2.24) is 19.7 Å². The van der Waals surface area contributed by atoms with Crippen molar-refractivity contribution in [3.8, 4) is 22.9 Å². The minimum absolute atomic E-state index is 0.255. The minimum atomic E-state index is -0.579. The van der Waals surface area contributed by atoms with Gasteiger partial charge in [0.15, 0.2) is 11.3 Å². The van der Waals surface area contributed by atoms with Gasteiger partial charge in [0.1, 0.15) is 29.4 Å². The molecular weight excluding hydrogens is 460 g/mol. The van der Waals surface area contributed by atoms with Crippen molar-refractivity contribution in [2.75, 3.05) is 20.3 Å². The van der Waals surface area contributed by atoms with Crippen LogP contribution in [0.4, 0.5) is 0 Å². The Bertz CT molecular complexity index is 1470. The van der Waals surface area contributed by atoms with Gasteiger partial charge < -0.3 is 19.6 Å². The van der Waals surface area contributed by atoms with Crippen molar-refractivity contribution in [2.24, 2.45) is 7.05 Å².